The second kappa shape index (κ2) is 5.58. The van der Waals surface area contributed by atoms with E-state index in [0.717, 1.165) is 0 Å². The third kappa shape index (κ3) is 2.96. The van der Waals surface area contributed by atoms with Crippen molar-refractivity contribution in [3.8, 4) is 0 Å². The second-order valence-electron chi connectivity index (χ2n) is 5.67. The van der Waals surface area contributed by atoms with Crippen molar-refractivity contribution in [3.63, 3.8) is 0 Å². The van der Waals surface area contributed by atoms with Gasteiger partial charge in [-0.2, -0.15) is 5.10 Å². The predicted molar refractivity (Wildman–Crippen MR) is 75.5 cm³/mol. The van der Waals surface area contributed by atoms with E-state index in [9.17, 15) is 4.79 Å². The Balaban J connectivity index is 2.18. The molecule has 2 N–H and O–H groups in total. The van der Waals surface area contributed by atoms with E-state index in [-0.39, 0.29) is 17.9 Å². The van der Waals surface area contributed by atoms with Gasteiger partial charge in [0.15, 0.2) is 5.65 Å². The van der Waals surface area contributed by atoms with Crippen LogP contribution in [0, 0.1) is 12.3 Å². The number of aliphatic hydroxyl groups is 1. The number of carbonyl (C=O) groups is 1. The Hall–Kier alpha value is -1.95. The molecule has 0 bridgehead atoms. The Morgan fingerprint density at radius 1 is 1.50 bits per heavy atom. The molecule has 6 nitrogen and oxygen atoms in total. The SMILES string of the molecule is Cc1nn2cccnc2c1C(=O)NCC(C)(C)CCO. The molecule has 0 aliphatic rings. The molecule has 2 aromatic rings. The third-order valence-corrected chi connectivity index (χ3v) is 3.31. The zero-order valence-electron chi connectivity index (χ0n) is 12.1. The Labute approximate surface area is 117 Å². The molecule has 0 unspecified atom stereocenters. The van der Waals surface area contributed by atoms with E-state index < -0.39 is 0 Å². The van der Waals surface area contributed by atoms with Crippen molar-refractivity contribution in [2.45, 2.75) is 27.2 Å². The van der Waals surface area contributed by atoms with Crippen molar-refractivity contribution in [2.24, 2.45) is 5.41 Å². The molecule has 0 atom stereocenters. The van der Waals surface area contributed by atoms with E-state index in [1.807, 2.05) is 13.8 Å². The highest BCUT2D eigenvalue weighted by Crippen LogP contribution is 2.19. The number of aryl methyl sites for hydroxylation is 1. The van der Waals surface area contributed by atoms with Crippen LogP contribution in [-0.4, -0.2) is 38.8 Å². The third-order valence-electron chi connectivity index (χ3n) is 3.31. The number of fused-ring (bicyclic) bond motifs is 1. The maximum atomic E-state index is 12.3. The van der Waals surface area contributed by atoms with E-state index in [0.29, 0.717) is 29.9 Å². The van der Waals surface area contributed by atoms with E-state index in [2.05, 4.69) is 15.4 Å². The fraction of sp³-hybridized carbons (Fsp3) is 0.500. The van der Waals surface area contributed by atoms with Crippen molar-refractivity contribution < 1.29 is 9.90 Å². The van der Waals surface area contributed by atoms with Crippen LogP contribution in [0.5, 0.6) is 0 Å². The van der Waals surface area contributed by atoms with Crippen molar-refractivity contribution in [2.75, 3.05) is 13.2 Å². The summed E-state index contributed by atoms with van der Waals surface area (Å²) in [5.74, 6) is -0.179. The van der Waals surface area contributed by atoms with Gasteiger partial charge >= 0.3 is 0 Å². The summed E-state index contributed by atoms with van der Waals surface area (Å²) in [5.41, 5.74) is 1.57. The van der Waals surface area contributed by atoms with E-state index >= 15 is 0 Å². The standard InChI is InChI=1S/C14H20N4O2/c1-10-11(12-15-6-4-7-18(12)17-10)13(20)16-9-14(2,3)5-8-19/h4,6-7,19H,5,8-9H2,1-3H3,(H,16,20). The maximum absolute atomic E-state index is 12.3. The van der Waals surface area contributed by atoms with Crippen LogP contribution in [0.4, 0.5) is 0 Å². The molecule has 6 heteroatoms. The van der Waals surface area contributed by atoms with Gasteiger partial charge in [-0.1, -0.05) is 13.8 Å². The summed E-state index contributed by atoms with van der Waals surface area (Å²) in [5, 5.41) is 16.2. The first-order valence-corrected chi connectivity index (χ1v) is 6.63. The van der Waals surface area contributed by atoms with Gasteiger partial charge in [-0.25, -0.2) is 9.50 Å². The molecular formula is C14H20N4O2. The smallest absolute Gasteiger partial charge is 0.257 e. The zero-order valence-corrected chi connectivity index (χ0v) is 12.1. The molecule has 1 amide bonds. The molecule has 0 fully saturated rings. The summed E-state index contributed by atoms with van der Waals surface area (Å²) in [7, 11) is 0. The lowest BCUT2D eigenvalue weighted by atomic mass is 9.89. The number of hydrogen-bond donors (Lipinski definition) is 2. The van der Waals surface area contributed by atoms with Crippen LogP contribution in [0.15, 0.2) is 18.5 Å². The molecule has 2 heterocycles. The van der Waals surface area contributed by atoms with E-state index in [1.54, 1.807) is 29.9 Å². The number of nitrogens with one attached hydrogen (secondary N) is 1. The summed E-state index contributed by atoms with van der Waals surface area (Å²) in [6.07, 6.45) is 4.05. The first kappa shape index (κ1) is 14.5. The van der Waals surface area contributed by atoms with Gasteiger partial charge in [0.25, 0.3) is 5.91 Å². The van der Waals surface area contributed by atoms with Crippen molar-refractivity contribution in [1.29, 1.82) is 0 Å². The summed E-state index contributed by atoms with van der Waals surface area (Å²) >= 11 is 0. The van der Waals surface area contributed by atoms with Gasteiger partial charge < -0.3 is 10.4 Å². The van der Waals surface area contributed by atoms with E-state index in [4.69, 9.17) is 5.11 Å². The Bertz CT molecular complexity index is 619. The fourth-order valence-corrected chi connectivity index (χ4v) is 2.06. The van der Waals surface area contributed by atoms with Crippen LogP contribution in [0.1, 0.15) is 36.3 Å². The minimum absolute atomic E-state index is 0.111. The Morgan fingerprint density at radius 3 is 2.95 bits per heavy atom. The average Bonchev–Trinajstić information content (AvgIpc) is 2.72. The molecule has 0 saturated carbocycles. The van der Waals surface area contributed by atoms with Crippen LogP contribution >= 0.6 is 0 Å². The van der Waals surface area contributed by atoms with Gasteiger partial charge in [-0.15, -0.1) is 0 Å². The van der Waals surface area contributed by atoms with Crippen molar-refractivity contribution >= 4 is 11.6 Å². The number of aliphatic hydroxyl groups excluding tert-OH is 1. The first-order valence-electron chi connectivity index (χ1n) is 6.63. The highest BCUT2D eigenvalue weighted by atomic mass is 16.3. The molecule has 0 aromatic carbocycles. The second-order valence-corrected chi connectivity index (χ2v) is 5.67. The highest BCUT2D eigenvalue weighted by molar-refractivity contribution is 6.00. The quantitative estimate of drug-likeness (QED) is 0.859. The summed E-state index contributed by atoms with van der Waals surface area (Å²) in [4.78, 5) is 16.5. The Kier molecular flexibility index (Phi) is 4.04. The average molecular weight is 276 g/mol. The molecule has 0 radical (unpaired) electrons. The minimum Gasteiger partial charge on any atom is -0.396 e. The summed E-state index contributed by atoms with van der Waals surface area (Å²) in [6, 6.07) is 1.77. The van der Waals surface area contributed by atoms with Crippen LogP contribution in [-0.2, 0) is 0 Å². The molecule has 0 aliphatic heterocycles. The fourth-order valence-electron chi connectivity index (χ4n) is 2.06. The van der Waals surface area contributed by atoms with Crippen LogP contribution in [0.2, 0.25) is 0 Å². The molecular weight excluding hydrogens is 256 g/mol. The topological polar surface area (TPSA) is 79.5 Å². The minimum atomic E-state index is -0.179. The molecule has 0 spiro atoms. The normalized spacial score (nSPS) is 11.8. The lowest BCUT2D eigenvalue weighted by Crippen LogP contribution is -2.34. The lowest BCUT2D eigenvalue weighted by molar-refractivity contribution is 0.0929. The number of aromatic nitrogens is 3. The molecule has 2 rings (SSSR count). The number of amides is 1. The van der Waals surface area contributed by atoms with Crippen LogP contribution < -0.4 is 5.32 Å². The maximum Gasteiger partial charge on any atom is 0.257 e. The van der Waals surface area contributed by atoms with E-state index in [1.165, 1.54) is 0 Å². The number of nitrogens with zero attached hydrogens (tertiary/aromatic N) is 3. The zero-order chi connectivity index (χ0) is 14.8. The van der Waals surface area contributed by atoms with Gasteiger partial charge in [-0.05, 0) is 24.8 Å². The van der Waals surface area contributed by atoms with Gasteiger partial charge in [0.1, 0.15) is 5.56 Å². The van der Waals surface area contributed by atoms with Crippen molar-refractivity contribution in [1.82, 2.24) is 19.9 Å². The predicted octanol–water partition coefficient (Wildman–Crippen LogP) is 1.18. The summed E-state index contributed by atoms with van der Waals surface area (Å²) in [6.45, 7) is 6.41. The first-order chi connectivity index (χ1) is 9.44. The number of hydrogen-bond acceptors (Lipinski definition) is 4. The molecule has 2 aromatic heterocycles. The van der Waals surface area contributed by atoms with Gasteiger partial charge in [0, 0.05) is 25.5 Å². The molecule has 0 aliphatic carbocycles. The Morgan fingerprint density at radius 2 is 2.25 bits per heavy atom. The number of carbonyl (C=O) groups excluding carboxylic acids is 1. The van der Waals surface area contributed by atoms with Crippen LogP contribution in [0.3, 0.4) is 0 Å². The highest BCUT2D eigenvalue weighted by Gasteiger charge is 2.22. The molecule has 0 saturated heterocycles. The molecule has 20 heavy (non-hydrogen) atoms. The molecule has 108 valence electrons. The lowest BCUT2D eigenvalue weighted by Gasteiger charge is -2.23. The summed E-state index contributed by atoms with van der Waals surface area (Å²) < 4.78 is 1.60. The van der Waals surface area contributed by atoms with Gasteiger partial charge in [0.2, 0.25) is 0 Å². The van der Waals surface area contributed by atoms with Gasteiger partial charge in [-0.3, -0.25) is 4.79 Å². The monoisotopic (exact) mass is 276 g/mol. The largest absolute Gasteiger partial charge is 0.396 e. The van der Waals surface area contributed by atoms with Gasteiger partial charge in [0.05, 0.1) is 5.69 Å². The number of rotatable bonds is 5. The van der Waals surface area contributed by atoms with Crippen LogP contribution in [0.25, 0.3) is 5.65 Å². The van der Waals surface area contributed by atoms with Crippen molar-refractivity contribution in [3.05, 3.63) is 29.7 Å².